The lowest BCUT2D eigenvalue weighted by Crippen LogP contribution is -2.24. The number of nitrogens with zero attached hydrogens (tertiary/aromatic N) is 2. The van der Waals surface area contributed by atoms with Gasteiger partial charge in [-0.3, -0.25) is 9.36 Å². The summed E-state index contributed by atoms with van der Waals surface area (Å²) in [6.07, 6.45) is 0. The van der Waals surface area contributed by atoms with Gasteiger partial charge >= 0.3 is 0 Å². The molecule has 0 aromatic carbocycles. The molecular formula is C13H14N4OS2. The summed E-state index contributed by atoms with van der Waals surface area (Å²) in [4.78, 5) is 18.9. The Morgan fingerprint density at radius 1 is 1.45 bits per heavy atom. The number of nitrogens with one attached hydrogen (secondary N) is 1. The van der Waals surface area contributed by atoms with Crippen molar-refractivity contribution in [2.75, 3.05) is 18.4 Å². The molecule has 3 heterocycles. The van der Waals surface area contributed by atoms with Gasteiger partial charge in [0.25, 0.3) is 5.56 Å². The minimum absolute atomic E-state index is 0.0285. The molecular weight excluding hydrogens is 292 g/mol. The minimum Gasteiger partial charge on any atom is -0.354 e. The van der Waals surface area contributed by atoms with E-state index in [4.69, 9.17) is 5.73 Å². The molecule has 0 aliphatic heterocycles. The third-order valence-electron chi connectivity index (χ3n) is 3.03. The number of fused-ring (bicyclic) bond motifs is 1. The molecule has 7 heteroatoms. The van der Waals surface area contributed by atoms with E-state index in [9.17, 15) is 4.79 Å². The number of anilines is 1. The number of hydrogen-bond acceptors (Lipinski definition) is 6. The quantitative estimate of drug-likeness (QED) is 0.774. The van der Waals surface area contributed by atoms with Crippen LogP contribution < -0.4 is 16.6 Å². The molecule has 3 rings (SSSR count). The van der Waals surface area contributed by atoms with E-state index in [0.29, 0.717) is 24.4 Å². The van der Waals surface area contributed by atoms with Gasteiger partial charge in [0.1, 0.15) is 4.83 Å². The highest BCUT2D eigenvalue weighted by Crippen LogP contribution is 2.33. The van der Waals surface area contributed by atoms with Crippen molar-refractivity contribution in [1.29, 1.82) is 0 Å². The van der Waals surface area contributed by atoms with Crippen LogP contribution in [0.4, 0.5) is 5.95 Å². The molecule has 0 amide bonds. The summed E-state index contributed by atoms with van der Waals surface area (Å²) in [5.41, 5.74) is 6.41. The zero-order valence-corrected chi connectivity index (χ0v) is 12.6. The average Bonchev–Trinajstić information content (AvgIpc) is 3.09. The molecule has 0 aliphatic rings. The molecule has 3 N–H and O–H groups in total. The molecule has 20 heavy (non-hydrogen) atoms. The molecule has 0 radical (unpaired) electrons. The van der Waals surface area contributed by atoms with Gasteiger partial charge in [-0.05, 0) is 11.4 Å². The highest BCUT2D eigenvalue weighted by Gasteiger charge is 2.15. The van der Waals surface area contributed by atoms with Crippen LogP contribution in [0.5, 0.6) is 0 Å². The number of aromatic nitrogens is 2. The summed E-state index contributed by atoms with van der Waals surface area (Å²) >= 11 is 3.12. The van der Waals surface area contributed by atoms with Crippen LogP contribution >= 0.6 is 22.7 Å². The molecule has 3 aromatic heterocycles. The predicted octanol–water partition coefficient (Wildman–Crippen LogP) is 2.09. The van der Waals surface area contributed by atoms with Crippen LogP contribution in [0, 0.1) is 0 Å². The maximum Gasteiger partial charge on any atom is 0.264 e. The first kappa shape index (κ1) is 13.3. The summed E-state index contributed by atoms with van der Waals surface area (Å²) in [7, 11) is 1.73. The Hall–Kier alpha value is -1.70. The Labute approximate surface area is 123 Å². The standard InChI is InChI=1S/C13H14N4OS2/c1-17-12(18)10-8(9-3-2-6-19-9)7-20-11(10)16-13(17)15-5-4-14/h2-3,6-7H,4-5,14H2,1H3,(H,15,16). The van der Waals surface area contributed by atoms with Gasteiger partial charge in [-0.25, -0.2) is 4.98 Å². The van der Waals surface area contributed by atoms with E-state index in [1.165, 1.54) is 11.3 Å². The van der Waals surface area contributed by atoms with Crippen LogP contribution in [0.15, 0.2) is 27.7 Å². The van der Waals surface area contributed by atoms with Gasteiger partial charge in [-0.1, -0.05) is 6.07 Å². The SMILES string of the molecule is Cn1c(NCCN)nc2scc(-c3cccs3)c2c1=O. The topological polar surface area (TPSA) is 72.9 Å². The molecule has 104 valence electrons. The fourth-order valence-corrected chi connectivity index (χ4v) is 3.78. The van der Waals surface area contributed by atoms with Crippen LogP contribution in [-0.2, 0) is 7.05 Å². The van der Waals surface area contributed by atoms with E-state index in [1.54, 1.807) is 23.0 Å². The molecule has 0 aliphatic carbocycles. The van der Waals surface area contributed by atoms with E-state index in [-0.39, 0.29) is 5.56 Å². The summed E-state index contributed by atoms with van der Waals surface area (Å²) < 4.78 is 1.54. The van der Waals surface area contributed by atoms with Crippen molar-refractivity contribution in [3.8, 4) is 10.4 Å². The van der Waals surface area contributed by atoms with Crippen LogP contribution in [-0.4, -0.2) is 22.6 Å². The van der Waals surface area contributed by atoms with Gasteiger partial charge in [0, 0.05) is 36.0 Å². The summed E-state index contributed by atoms with van der Waals surface area (Å²) in [5.74, 6) is 0.563. The Balaban J connectivity index is 2.20. The van der Waals surface area contributed by atoms with Crippen molar-refractivity contribution in [2.45, 2.75) is 0 Å². The van der Waals surface area contributed by atoms with E-state index in [2.05, 4.69) is 10.3 Å². The van der Waals surface area contributed by atoms with E-state index >= 15 is 0 Å². The number of hydrogen-bond donors (Lipinski definition) is 2. The highest BCUT2D eigenvalue weighted by molar-refractivity contribution is 7.18. The maximum atomic E-state index is 12.6. The normalized spacial score (nSPS) is 11.1. The van der Waals surface area contributed by atoms with Crippen molar-refractivity contribution in [3.63, 3.8) is 0 Å². The molecule has 5 nitrogen and oxygen atoms in total. The van der Waals surface area contributed by atoms with Crippen molar-refractivity contribution in [1.82, 2.24) is 9.55 Å². The summed E-state index contributed by atoms with van der Waals surface area (Å²) in [5, 5.41) is 7.77. The second-order valence-electron chi connectivity index (χ2n) is 4.32. The summed E-state index contributed by atoms with van der Waals surface area (Å²) in [6.45, 7) is 1.09. The second kappa shape index (κ2) is 5.35. The van der Waals surface area contributed by atoms with Gasteiger partial charge in [0.05, 0.1) is 5.39 Å². The number of thiophene rings is 2. The fraction of sp³-hybridized carbons (Fsp3) is 0.231. The lowest BCUT2D eigenvalue weighted by atomic mass is 10.2. The first-order valence-electron chi connectivity index (χ1n) is 6.18. The zero-order chi connectivity index (χ0) is 14.1. The highest BCUT2D eigenvalue weighted by atomic mass is 32.1. The van der Waals surface area contributed by atoms with E-state index in [0.717, 1.165) is 15.3 Å². The Kier molecular flexibility index (Phi) is 3.56. The number of rotatable bonds is 4. The molecule has 0 bridgehead atoms. The Morgan fingerprint density at radius 3 is 3.00 bits per heavy atom. The van der Waals surface area contributed by atoms with Crippen molar-refractivity contribution in [3.05, 3.63) is 33.2 Å². The second-order valence-corrected chi connectivity index (χ2v) is 6.13. The van der Waals surface area contributed by atoms with E-state index in [1.807, 2.05) is 22.9 Å². The first-order chi connectivity index (χ1) is 9.72. The molecule has 0 saturated heterocycles. The molecule has 0 atom stereocenters. The Bertz CT molecular complexity index is 789. The first-order valence-corrected chi connectivity index (χ1v) is 7.94. The van der Waals surface area contributed by atoms with Crippen LogP contribution in [0.2, 0.25) is 0 Å². The van der Waals surface area contributed by atoms with Gasteiger partial charge < -0.3 is 11.1 Å². The minimum atomic E-state index is -0.0285. The summed E-state index contributed by atoms with van der Waals surface area (Å²) in [6, 6.07) is 4.00. The maximum absolute atomic E-state index is 12.6. The number of nitrogens with two attached hydrogens (primary N) is 1. The monoisotopic (exact) mass is 306 g/mol. The van der Waals surface area contributed by atoms with Gasteiger partial charge in [0.2, 0.25) is 5.95 Å². The molecule has 0 spiro atoms. The van der Waals surface area contributed by atoms with Gasteiger partial charge in [-0.15, -0.1) is 22.7 Å². The van der Waals surface area contributed by atoms with Crippen LogP contribution in [0.25, 0.3) is 20.7 Å². The molecule has 3 aromatic rings. The lowest BCUT2D eigenvalue weighted by molar-refractivity contribution is 0.837. The van der Waals surface area contributed by atoms with Crippen molar-refractivity contribution >= 4 is 38.8 Å². The lowest BCUT2D eigenvalue weighted by Gasteiger charge is -2.09. The van der Waals surface area contributed by atoms with Gasteiger partial charge in [-0.2, -0.15) is 0 Å². The smallest absolute Gasteiger partial charge is 0.264 e. The predicted molar refractivity (Wildman–Crippen MR) is 85.7 cm³/mol. The fourth-order valence-electron chi connectivity index (χ4n) is 2.03. The third-order valence-corrected chi connectivity index (χ3v) is 4.80. The largest absolute Gasteiger partial charge is 0.354 e. The third kappa shape index (κ3) is 2.13. The van der Waals surface area contributed by atoms with Crippen LogP contribution in [0.1, 0.15) is 0 Å². The van der Waals surface area contributed by atoms with Gasteiger partial charge in [0.15, 0.2) is 0 Å². The average molecular weight is 306 g/mol. The van der Waals surface area contributed by atoms with E-state index < -0.39 is 0 Å². The van der Waals surface area contributed by atoms with Crippen molar-refractivity contribution < 1.29 is 0 Å². The Morgan fingerprint density at radius 2 is 2.30 bits per heavy atom. The molecule has 0 saturated carbocycles. The zero-order valence-electron chi connectivity index (χ0n) is 10.9. The van der Waals surface area contributed by atoms with Crippen molar-refractivity contribution in [2.24, 2.45) is 12.8 Å². The van der Waals surface area contributed by atoms with Crippen LogP contribution in [0.3, 0.4) is 0 Å². The molecule has 0 fully saturated rings. The molecule has 0 unspecified atom stereocenters.